The zero-order valence-corrected chi connectivity index (χ0v) is 19.8. The molecule has 5 aromatic rings. The van der Waals surface area contributed by atoms with Gasteiger partial charge in [0, 0.05) is 35.8 Å². The molecule has 0 aliphatic carbocycles. The Balaban J connectivity index is 1.24. The summed E-state index contributed by atoms with van der Waals surface area (Å²) in [6.07, 6.45) is 5.22. The number of morpholine rings is 1. The Bertz CT molecular complexity index is 1580. The van der Waals surface area contributed by atoms with Gasteiger partial charge >= 0.3 is 0 Å². The molecule has 1 amide bonds. The van der Waals surface area contributed by atoms with E-state index >= 15 is 0 Å². The lowest BCUT2D eigenvalue weighted by Gasteiger charge is -2.28. The van der Waals surface area contributed by atoms with Gasteiger partial charge in [-0.05, 0) is 48.0 Å². The number of aromatic amines is 1. The summed E-state index contributed by atoms with van der Waals surface area (Å²) < 4.78 is 19.0. The highest BCUT2D eigenvalue weighted by Crippen LogP contribution is 2.28. The molecule has 6 rings (SSSR count). The van der Waals surface area contributed by atoms with Crippen LogP contribution in [0.2, 0.25) is 0 Å². The number of benzene rings is 2. The van der Waals surface area contributed by atoms with Gasteiger partial charge in [0.2, 0.25) is 0 Å². The van der Waals surface area contributed by atoms with Crippen molar-refractivity contribution in [2.24, 2.45) is 0 Å². The predicted octanol–water partition coefficient (Wildman–Crippen LogP) is 4.91. The maximum Gasteiger partial charge on any atom is 0.276 e. The van der Waals surface area contributed by atoms with Crippen LogP contribution in [-0.2, 0) is 4.74 Å². The first kappa shape index (κ1) is 22.8. The van der Waals surface area contributed by atoms with E-state index in [-0.39, 0.29) is 17.4 Å². The Hall–Kier alpha value is -4.63. The summed E-state index contributed by atoms with van der Waals surface area (Å²) in [6, 6.07) is 17.6. The van der Waals surface area contributed by atoms with Crippen molar-refractivity contribution in [3.8, 4) is 22.4 Å². The summed E-state index contributed by atoms with van der Waals surface area (Å²) in [6.45, 7) is 3.06. The van der Waals surface area contributed by atoms with Crippen molar-refractivity contribution in [2.45, 2.75) is 0 Å². The number of aromatic nitrogens is 4. The molecule has 1 saturated heterocycles. The van der Waals surface area contributed by atoms with Gasteiger partial charge in [-0.25, -0.2) is 4.39 Å². The molecule has 1 fully saturated rings. The molecular formula is C28H23FN6O2. The molecule has 0 spiro atoms. The minimum absolute atomic E-state index is 0.281. The van der Waals surface area contributed by atoms with E-state index in [0.717, 1.165) is 35.4 Å². The largest absolute Gasteiger partial charge is 0.378 e. The molecule has 2 aromatic carbocycles. The highest BCUT2D eigenvalue weighted by atomic mass is 19.1. The first-order valence-electron chi connectivity index (χ1n) is 11.9. The fourth-order valence-corrected chi connectivity index (χ4v) is 4.42. The molecule has 1 aliphatic rings. The lowest BCUT2D eigenvalue weighted by atomic mass is 10.0. The molecular weight excluding hydrogens is 471 g/mol. The van der Waals surface area contributed by atoms with Crippen molar-refractivity contribution >= 4 is 28.2 Å². The van der Waals surface area contributed by atoms with Crippen molar-refractivity contribution in [2.75, 3.05) is 36.5 Å². The van der Waals surface area contributed by atoms with E-state index in [4.69, 9.17) is 4.74 Å². The van der Waals surface area contributed by atoms with Gasteiger partial charge in [0.1, 0.15) is 5.82 Å². The van der Waals surface area contributed by atoms with Gasteiger partial charge in [0.05, 0.1) is 48.2 Å². The second-order valence-electron chi connectivity index (χ2n) is 8.76. The number of halogens is 1. The normalized spacial score (nSPS) is 13.6. The summed E-state index contributed by atoms with van der Waals surface area (Å²) in [5, 5.41) is 10.7. The van der Waals surface area contributed by atoms with E-state index in [1.807, 2.05) is 30.6 Å². The van der Waals surface area contributed by atoms with Crippen LogP contribution in [0.1, 0.15) is 10.5 Å². The van der Waals surface area contributed by atoms with Crippen LogP contribution in [0.15, 0.2) is 79.3 Å². The molecule has 0 bridgehead atoms. The minimum Gasteiger partial charge on any atom is -0.378 e. The molecule has 3 aromatic heterocycles. The zero-order valence-electron chi connectivity index (χ0n) is 19.8. The number of fused-ring (bicyclic) bond motifs is 1. The summed E-state index contributed by atoms with van der Waals surface area (Å²) in [5.74, 6) is -0.686. The van der Waals surface area contributed by atoms with Gasteiger partial charge in [0.25, 0.3) is 5.91 Å². The van der Waals surface area contributed by atoms with Gasteiger partial charge < -0.3 is 15.0 Å². The Morgan fingerprint density at radius 1 is 0.946 bits per heavy atom. The van der Waals surface area contributed by atoms with Crippen molar-refractivity contribution in [1.82, 2.24) is 20.2 Å². The number of amides is 1. The number of hydrogen-bond acceptors (Lipinski definition) is 6. The van der Waals surface area contributed by atoms with E-state index in [2.05, 4.69) is 36.4 Å². The van der Waals surface area contributed by atoms with Gasteiger partial charge in [-0.15, -0.1) is 0 Å². The molecule has 184 valence electrons. The van der Waals surface area contributed by atoms with Crippen molar-refractivity contribution in [3.63, 3.8) is 0 Å². The second-order valence-corrected chi connectivity index (χ2v) is 8.76. The van der Waals surface area contributed by atoms with E-state index < -0.39 is 0 Å². The van der Waals surface area contributed by atoms with E-state index in [9.17, 15) is 9.18 Å². The molecule has 0 atom stereocenters. The molecule has 1 aliphatic heterocycles. The monoisotopic (exact) mass is 494 g/mol. The number of carbonyl (C=O) groups is 1. The second kappa shape index (κ2) is 9.79. The summed E-state index contributed by atoms with van der Waals surface area (Å²) in [4.78, 5) is 24.1. The average molecular weight is 495 g/mol. The van der Waals surface area contributed by atoms with Crippen molar-refractivity contribution in [1.29, 1.82) is 0 Å². The predicted molar refractivity (Wildman–Crippen MR) is 140 cm³/mol. The van der Waals surface area contributed by atoms with Crippen LogP contribution < -0.4 is 10.2 Å². The standard InChI is InChI=1S/C28H23FN6O2/c29-21-3-1-2-19(12-21)25-7-5-22(16-31-25)32-28(36)27-24-14-18(4-6-26(24)33-34-27)20-13-23(17-30-15-20)35-8-10-37-11-9-35/h1-7,12-17H,8-11H2,(H,32,36)(H,33,34). The zero-order chi connectivity index (χ0) is 25.2. The third-order valence-electron chi connectivity index (χ3n) is 6.35. The number of nitrogens with zero attached hydrogens (tertiary/aromatic N) is 4. The number of anilines is 2. The van der Waals surface area contributed by atoms with Crippen LogP contribution in [0.5, 0.6) is 0 Å². The van der Waals surface area contributed by atoms with E-state index in [0.29, 0.717) is 35.5 Å². The van der Waals surface area contributed by atoms with Gasteiger partial charge in [-0.2, -0.15) is 5.10 Å². The van der Waals surface area contributed by atoms with Gasteiger partial charge in [0.15, 0.2) is 5.69 Å². The van der Waals surface area contributed by atoms with Crippen LogP contribution in [0.3, 0.4) is 0 Å². The third-order valence-corrected chi connectivity index (χ3v) is 6.35. The molecule has 8 nitrogen and oxygen atoms in total. The molecule has 9 heteroatoms. The lowest BCUT2D eigenvalue weighted by Crippen LogP contribution is -2.36. The Morgan fingerprint density at radius 3 is 2.65 bits per heavy atom. The van der Waals surface area contributed by atoms with Crippen LogP contribution in [0.4, 0.5) is 15.8 Å². The number of pyridine rings is 2. The van der Waals surface area contributed by atoms with Crippen molar-refractivity contribution < 1.29 is 13.9 Å². The average Bonchev–Trinajstić information content (AvgIpc) is 3.38. The van der Waals surface area contributed by atoms with Crippen LogP contribution >= 0.6 is 0 Å². The first-order valence-corrected chi connectivity index (χ1v) is 11.9. The summed E-state index contributed by atoms with van der Waals surface area (Å²) in [5.41, 5.74) is 5.76. The first-order chi connectivity index (χ1) is 18.1. The molecule has 2 N–H and O–H groups in total. The van der Waals surface area contributed by atoms with E-state index in [1.165, 1.54) is 12.1 Å². The van der Waals surface area contributed by atoms with Gasteiger partial charge in [-0.3, -0.25) is 19.9 Å². The van der Waals surface area contributed by atoms with Crippen LogP contribution in [0.25, 0.3) is 33.3 Å². The van der Waals surface area contributed by atoms with E-state index in [1.54, 1.807) is 30.5 Å². The third kappa shape index (κ3) is 4.76. The van der Waals surface area contributed by atoms with Crippen LogP contribution in [0, 0.1) is 5.82 Å². The Morgan fingerprint density at radius 2 is 1.84 bits per heavy atom. The molecule has 37 heavy (non-hydrogen) atoms. The quantitative estimate of drug-likeness (QED) is 0.360. The Labute approximate surface area is 212 Å². The Kier molecular flexibility index (Phi) is 6.03. The van der Waals surface area contributed by atoms with Gasteiger partial charge in [-0.1, -0.05) is 18.2 Å². The summed E-state index contributed by atoms with van der Waals surface area (Å²) >= 11 is 0. The summed E-state index contributed by atoms with van der Waals surface area (Å²) in [7, 11) is 0. The minimum atomic E-state index is -0.358. The molecule has 0 unspecified atom stereocenters. The van der Waals surface area contributed by atoms with Crippen molar-refractivity contribution in [3.05, 3.63) is 90.8 Å². The maximum absolute atomic E-state index is 13.5. The lowest BCUT2D eigenvalue weighted by molar-refractivity contribution is 0.102. The fraction of sp³-hybridized carbons (Fsp3) is 0.143. The molecule has 0 radical (unpaired) electrons. The highest BCUT2D eigenvalue weighted by Gasteiger charge is 2.17. The molecule has 0 saturated carbocycles. The number of hydrogen-bond donors (Lipinski definition) is 2. The maximum atomic E-state index is 13.5. The number of ether oxygens (including phenoxy) is 1. The smallest absolute Gasteiger partial charge is 0.276 e. The van der Waals surface area contributed by atoms with Crippen LogP contribution in [-0.4, -0.2) is 52.4 Å². The SMILES string of the molecule is O=C(Nc1ccc(-c2cccc(F)c2)nc1)c1n[nH]c2ccc(-c3cncc(N4CCOCC4)c3)cc12. The molecule has 4 heterocycles. The topological polar surface area (TPSA) is 96.0 Å². The number of nitrogens with one attached hydrogen (secondary N) is 2. The number of rotatable bonds is 5. The highest BCUT2D eigenvalue weighted by molar-refractivity contribution is 6.11. The fourth-order valence-electron chi connectivity index (χ4n) is 4.42. The number of H-pyrrole nitrogens is 1. The number of carbonyl (C=O) groups excluding carboxylic acids is 1.